The number of nitrogens with zero attached hydrogens (tertiary/aromatic N) is 2. The fourth-order valence-corrected chi connectivity index (χ4v) is 2.48. The third-order valence-corrected chi connectivity index (χ3v) is 3.29. The summed E-state index contributed by atoms with van der Waals surface area (Å²) in [6.07, 6.45) is 4.40. The lowest BCUT2D eigenvalue weighted by Crippen LogP contribution is -2.41. The Morgan fingerprint density at radius 3 is 3.00 bits per heavy atom. The molecule has 1 saturated heterocycles. The van der Waals surface area contributed by atoms with Gasteiger partial charge >= 0.3 is 0 Å². The molecule has 0 amide bonds. The molecule has 0 bridgehead atoms. The second-order valence-electron chi connectivity index (χ2n) is 5.38. The highest BCUT2D eigenvalue weighted by molar-refractivity contribution is 5.47. The Hall–Kier alpha value is -1.09. The SMILES string of the molecule is CC1(C)CCCN(c2ncccc2CN)C1. The third kappa shape index (κ3) is 2.35. The number of piperidine rings is 1. The maximum Gasteiger partial charge on any atom is 0.133 e. The number of pyridine rings is 1. The second-order valence-corrected chi connectivity index (χ2v) is 5.38. The monoisotopic (exact) mass is 219 g/mol. The van der Waals surface area contributed by atoms with E-state index in [1.165, 1.54) is 12.8 Å². The van der Waals surface area contributed by atoms with Crippen molar-refractivity contribution in [3.63, 3.8) is 0 Å². The summed E-state index contributed by atoms with van der Waals surface area (Å²) in [4.78, 5) is 6.87. The first kappa shape index (κ1) is 11.4. The molecule has 0 atom stereocenters. The van der Waals surface area contributed by atoms with Gasteiger partial charge in [-0.25, -0.2) is 4.98 Å². The predicted octanol–water partition coefficient (Wildman–Crippen LogP) is 2.17. The minimum Gasteiger partial charge on any atom is -0.356 e. The van der Waals surface area contributed by atoms with Crippen molar-refractivity contribution in [2.24, 2.45) is 11.1 Å². The minimum atomic E-state index is 0.391. The van der Waals surface area contributed by atoms with E-state index >= 15 is 0 Å². The van der Waals surface area contributed by atoms with Crippen LogP contribution >= 0.6 is 0 Å². The highest BCUT2D eigenvalue weighted by atomic mass is 15.2. The molecule has 88 valence electrons. The molecule has 1 aliphatic heterocycles. The van der Waals surface area contributed by atoms with E-state index < -0.39 is 0 Å². The van der Waals surface area contributed by atoms with E-state index in [0.717, 1.165) is 24.5 Å². The van der Waals surface area contributed by atoms with E-state index in [4.69, 9.17) is 5.73 Å². The molecule has 16 heavy (non-hydrogen) atoms. The van der Waals surface area contributed by atoms with Gasteiger partial charge in [-0.1, -0.05) is 19.9 Å². The van der Waals surface area contributed by atoms with Crippen LogP contribution in [0.5, 0.6) is 0 Å². The minimum absolute atomic E-state index is 0.391. The molecule has 1 aromatic rings. The molecule has 3 nitrogen and oxygen atoms in total. The van der Waals surface area contributed by atoms with Crippen LogP contribution in [0, 0.1) is 5.41 Å². The van der Waals surface area contributed by atoms with E-state index in [9.17, 15) is 0 Å². The van der Waals surface area contributed by atoms with Gasteiger partial charge in [0.25, 0.3) is 0 Å². The van der Waals surface area contributed by atoms with Gasteiger partial charge in [-0.05, 0) is 24.3 Å². The molecule has 0 saturated carbocycles. The van der Waals surface area contributed by atoms with Crippen LogP contribution < -0.4 is 10.6 Å². The van der Waals surface area contributed by atoms with Crippen LogP contribution in [-0.4, -0.2) is 18.1 Å². The molecular formula is C13H21N3. The number of hydrogen-bond donors (Lipinski definition) is 1. The van der Waals surface area contributed by atoms with Gasteiger partial charge in [0.05, 0.1) is 0 Å². The van der Waals surface area contributed by atoms with Crippen molar-refractivity contribution in [3.05, 3.63) is 23.9 Å². The number of hydrogen-bond acceptors (Lipinski definition) is 3. The lowest BCUT2D eigenvalue weighted by Gasteiger charge is -2.39. The molecule has 0 aliphatic carbocycles. The smallest absolute Gasteiger partial charge is 0.133 e. The standard InChI is InChI=1S/C13H21N3/c1-13(2)6-4-8-16(10-13)12-11(9-14)5-3-7-15-12/h3,5,7H,4,6,8-10,14H2,1-2H3. The Balaban J connectivity index is 2.23. The number of aromatic nitrogens is 1. The molecule has 1 fully saturated rings. The Labute approximate surface area is 97.7 Å². The molecule has 2 heterocycles. The van der Waals surface area contributed by atoms with E-state index in [1.54, 1.807) is 0 Å². The Kier molecular flexibility index (Phi) is 3.15. The van der Waals surface area contributed by atoms with Crippen LogP contribution in [0.3, 0.4) is 0 Å². The van der Waals surface area contributed by atoms with Gasteiger partial charge in [-0.15, -0.1) is 0 Å². The highest BCUT2D eigenvalue weighted by Crippen LogP contribution is 2.31. The van der Waals surface area contributed by atoms with E-state index in [1.807, 2.05) is 12.3 Å². The average molecular weight is 219 g/mol. The van der Waals surface area contributed by atoms with Crippen molar-refractivity contribution in [1.82, 2.24) is 4.98 Å². The molecular weight excluding hydrogens is 198 g/mol. The van der Waals surface area contributed by atoms with Gasteiger partial charge < -0.3 is 10.6 Å². The molecule has 0 unspecified atom stereocenters. The third-order valence-electron chi connectivity index (χ3n) is 3.29. The summed E-state index contributed by atoms with van der Waals surface area (Å²) in [5.74, 6) is 1.08. The topological polar surface area (TPSA) is 42.2 Å². The van der Waals surface area contributed by atoms with Crippen LogP contribution in [0.25, 0.3) is 0 Å². The summed E-state index contributed by atoms with van der Waals surface area (Å²) in [7, 11) is 0. The maximum atomic E-state index is 5.76. The lowest BCUT2D eigenvalue weighted by molar-refractivity contribution is 0.292. The number of nitrogens with two attached hydrogens (primary N) is 1. The van der Waals surface area contributed by atoms with Gasteiger partial charge in [0.15, 0.2) is 0 Å². The Bertz CT molecular complexity index is 360. The summed E-state index contributed by atoms with van der Waals surface area (Å²) in [5, 5.41) is 0. The van der Waals surface area contributed by atoms with Crippen molar-refractivity contribution < 1.29 is 0 Å². The second kappa shape index (κ2) is 4.42. The molecule has 0 aromatic carbocycles. The molecule has 3 heteroatoms. The van der Waals surface area contributed by atoms with Crippen molar-refractivity contribution in [2.75, 3.05) is 18.0 Å². The first-order chi connectivity index (χ1) is 7.62. The molecule has 1 aromatic heterocycles. The number of rotatable bonds is 2. The molecule has 2 N–H and O–H groups in total. The van der Waals surface area contributed by atoms with Gasteiger partial charge in [0.1, 0.15) is 5.82 Å². The van der Waals surface area contributed by atoms with Crippen molar-refractivity contribution in [1.29, 1.82) is 0 Å². The zero-order valence-electron chi connectivity index (χ0n) is 10.2. The zero-order valence-corrected chi connectivity index (χ0v) is 10.2. The predicted molar refractivity (Wildman–Crippen MR) is 67.4 cm³/mol. The van der Waals surface area contributed by atoms with Crippen molar-refractivity contribution in [2.45, 2.75) is 33.2 Å². The normalized spacial score (nSPS) is 19.8. The summed E-state index contributed by atoms with van der Waals surface area (Å²) in [6, 6.07) is 4.03. The van der Waals surface area contributed by atoms with Gasteiger partial charge in [-0.2, -0.15) is 0 Å². The van der Waals surface area contributed by atoms with Gasteiger partial charge in [0, 0.05) is 31.4 Å². The van der Waals surface area contributed by atoms with E-state index in [-0.39, 0.29) is 0 Å². The van der Waals surface area contributed by atoms with Crippen LogP contribution in [0.2, 0.25) is 0 Å². The zero-order chi connectivity index (χ0) is 11.6. The van der Waals surface area contributed by atoms with Gasteiger partial charge in [0.2, 0.25) is 0 Å². The Morgan fingerprint density at radius 1 is 1.50 bits per heavy atom. The lowest BCUT2D eigenvalue weighted by atomic mass is 9.84. The fourth-order valence-electron chi connectivity index (χ4n) is 2.48. The summed E-state index contributed by atoms with van der Waals surface area (Å²) < 4.78 is 0. The van der Waals surface area contributed by atoms with E-state index in [2.05, 4.69) is 29.8 Å². The van der Waals surface area contributed by atoms with Crippen molar-refractivity contribution >= 4 is 5.82 Å². The first-order valence-corrected chi connectivity index (χ1v) is 6.01. The maximum absolute atomic E-state index is 5.76. The van der Waals surface area contributed by atoms with Crippen LogP contribution in [0.15, 0.2) is 18.3 Å². The molecule has 1 aliphatic rings. The highest BCUT2D eigenvalue weighted by Gasteiger charge is 2.27. The molecule has 2 rings (SSSR count). The van der Waals surface area contributed by atoms with Crippen molar-refractivity contribution in [3.8, 4) is 0 Å². The molecule has 0 spiro atoms. The van der Waals surface area contributed by atoms with E-state index in [0.29, 0.717) is 12.0 Å². The van der Waals surface area contributed by atoms with Crippen LogP contribution in [-0.2, 0) is 6.54 Å². The number of anilines is 1. The fraction of sp³-hybridized carbons (Fsp3) is 0.615. The largest absolute Gasteiger partial charge is 0.356 e. The summed E-state index contributed by atoms with van der Waals surface area (Å²) in [6.45, 7) is 7.40. The summed E-state index contributed by atoms with van der Waals surface area (Å²) in [5.41, 5.74) is 7.30. The molecule has 0 radical (unpaired) electrons. The van der Waals surface area contributed by atoms with Gasteiger partial charge in [-0.3, -0.25) is 0 Å². The first-order valence-electron chi connectivity index (χ1n) is 6.01. The van der Waals surface area contributed by atoms with Crippen LogP contribution in [0.4, 0.5) is 5.82 Å². The Morgan fingerprint density at radius 2 is 2.31 bits per heavy atom. The summed E-state index contributed by atoms with van der Waals surface area (Å²) >= 11 is 0. The van der Waals surface area contributed by atoms with Crippen LogP contribution in [0.1, 0.15) is 32.3 Å². The quantitative estimate of drug-likeness (QED) is 0.829. The average Bonchev–Trinajstić information content (AvgIpc) is 2.27.